The van der Waals surface area contributed by atoms with Crippen LogP contribution < -0.4 is 5.32 Å². The van der Waals surface area contributed by atoms with E-state index in [4.69, 9.17) is 4.74 Å². The number of amides is 1. The average Bonchev–Trinajstić information content (AvgIpc) is 3.16. The number of alkyl halides is 2. The summed E-state index contributed by atoms with van der Waals surface area (Å²) in [6, 6.07) is 1.17. The topological polar surface area (TPSA) is 76.4 Å². The van der Waals surface area contributed by atoms with Crippen LogP contribution in [0.1, 0.15) is 50.3 Å². The summed E-state index contributed by atoms with van der Waals surface area (Å²) in [6.07, 6.45) is 3.22. The fraction of sp³-hybridized carbons (Fsp3) is 0.750. The molecule has 0 aromatic carbocycles. The van der Waals surface area contributed by atoms with Crippen molar-refractivity contribution >= 4 is 5.91 Å². The average molecular weight is 343 g/mol. The Morgan fingerprint density at radius 2 is 2.17 bits per heavy atom. The van der Waals surface area contributed by atoms with Gasteiger partial charge in [0.2, 0.25) is 0 Å². The van der Waals surface area contributed by atoms with Gasteiger partial charge in [-0.25, -0.2) is 0 Å². The van der Waals surface area contributed by atoms with E-state index in [9.17, 15) is 18.7 Å². The van der Waals surface area contributed by atoms with Gasteiger partial charge in [-0.05, 0) is 25.3 Å². The molecule has 1 saturated carbocycles. The Bertz CT molecular complexity index is 599. The van der Waals surface area contributed by atoms with Crippen LogP contribution in [-0.2, 0) is 16.6 Å². The van der Waals surface area contributed by atoms with Crippen LogP contribution in [0.5, 0.6) is 0 Å². The number of nitrogens with zero attached hydrogens (tertiary/aromatic N) is 2. The molecule has 0 unspecified atom stereocenters. The van der Waals surface area contributed by atoms with Crippen LogP contribution in [0.25, 0.3) is 0 Å². The number of aromatic nitrogens is 2. The first-order chi connectivity index (χ1) is 11.3. The molecule has 0 radical (unpaired) electrons. The molecule has 134 valence electrons. The van der Waals surface area contributed by atoms with Crippen molar-refractivity contribution in [3.8, 4) is 0 Å². The Morgan fingerprint density at radius 3 is 2.79 bits per heavy atom. The van der Waals surface area contributed by atoms with Crippen LogP contribution in [0.15, 0.2) is 12.3 Å². The molecular weight excluding hydrogens is 320 g/mol. The lowest BCUT2D eigenvalue weighted by Crippen LogP contribution is -2.59. The van der Waals surface area contributed by atoms with Crippen LogP contribution in [0.2, 0.25) is 0 Å². The number of aryl methyl sites for hydroxylation is 1. The number of hydrogen-bond acceptors (Lipinski definition) is 4. The van der Waals surface area contributed by atoms with Gasteiger partial charge in [0.1, 0.15) is 11.7 Å². The normalized spacial score (nSPS) is 27.2. The lowest BCUT2D eigenvalue weighted by molar-refractivity contribution is -0.202. The smallest absolute Gasteiger partial charge is 0.352 e. The van der Waals surface area contributed by atoms with Crippen LogP contribution >= 0.6 is 0 Å². The molecule has 0 spiro atoms. The molecule has 24 heavy (non-hydrogen) atoms. The molecule has 2 N–H and O–H groups in total. The van der Waals surface area contributed by atoms with Crippen molar-refractivity contribution < 1.29 is 23.4 Å². The third-order valence-electron chi connectivity index (χ3n) is 5.11. The Hall–Kier alpha value is -1.54. The number of ether oxygens (including phenoxy) is 1. The number of nitrogens with one attached hydrogen (secondary N) is 1. The molecule has 8 heteroatoms. The highest BCUT2D eigenvalue weighted by Crippen LogP contribution is 2.41. The molecule has 3 rings (SSSR count). The van der Waals surface area contributed by atoms with Crippen molar-refractivity contribution in [2.24, 2.45) is 7.05 Å². The summed E-state index contributed by atoms with van der Waals surface area (Å²) >= 11 is 0. The lowest BCUT2D eigenvalue weighted by atomic mass is 9.79. The second-order valence-electron chi connectivity index (χ2n) is 6.71. The van der Waals surface area contributed by atoms with E-state index in [1.165, 1.54) is 0 Å². The van der Waals surface area contributed by atoms with Gasteiger partial charge in [0.15, 0.2) is 0 Å². The second-order valence-corrected chi connectivity index (χ2v) is 6.71. The number of hydrogen-bond donors (Lipinski definition) is 2. The second kappa shape index (κ2) is 6.40. The fourth-order valence-corrected chi connectivity index (χ4v) is 3.61. The van der Waals surface area contributed by atoms with Gasteiger partial charge in [0.05, 0.1) is 11.7 Å². The molecule has 1 aromatic heterocycles. The summed E-state index contributed by atoms with van der Waals surface area (Å²) in [7, 11) is 1.73. The summed E-state index contributed by atoms with van der Waals surface area (Å²) < 4.78 is 36.3. The zero-order chi connectivity index (χ0) is 17.4. The largest absolute Gasteiger partial charge is 0.383 e. The van der Waals surface area contributed by atoms with Gasteiger partial charge in [-0.3, -0.25) is 9.48 Å². The SMILES string of the molecule is Cn1nccc1[C@H]1OCC[C@@H]1NC(=O)C(F)(F)C1(O)CCCCC1. The minimum absolute atomic E-state index is 0.0558. The summed E-state index contributed by atoms with van der Waals surface area (Å²) in [6.45, 7) is 0.372. The van der Waals surface area contributed by atoms with Gasteiger partial charge >= 0.3 is 5.92 Å². The highest BCUT2D eigenvalue weighted by Gasteiger charge is 2.58. The molecule has 2 aliphatic rings. The van der Waals surface area contributed by atoms with Crippen LogP contribution in [-0.4, -0.2) is 45.0 Å². The zero-order valence-corrected chi connectivity index (χ0v) is 13.7. The van der Waals surface area contributed by atoms with Gasteiger partial charge in [0, 0.05) is 19.9 Å². The Morgan fingerprint density at radius 1 is 1.46 bits per heavy atom. The van der Waals surface area contributed by atoms with Gasteiger partial charge in [-0.2, -0.15) is 13.9 Å². The lowest BCUT2D eigenvalue weighted by Gasteiger charge is -2.38. The third-order valence-corrected chi connectivity index (χ3v) is 5.11. The minimum atomic E-state index is -3.81. The van der Waals surface area contributed by atoms with E-state index in [-0.39, 0.29) is 12.8 Å². The number of rotatable bonds is 4. The molecule has 1 aliphatic heterocycles. The van der Waals surface area contributed by atoms with E-state index in [1.54, 1.807) is 24.0 Å². The van der Waals surface area contributed by atoms with Crippen LogP contribution in [0.4, 0.5) is 8.78 Å². The van der Waals surface area contributed by atoms with Crippen molar-refractivity contribution in [2.75, 3.05) is 6.61 Å². The third kappa shape index (κ3) is 2.93. The molecule has 1 aromatic rings. The predicted octanol–water partition coefficient (Wildman–Crippen LogP) is 1.70. The summed E-state index contributed by atoms with van der Waals surface area (Å²) in [5.74, 6) is -5.23. The Balaban J connectivity index is 1.72. The highest BCUT2D eigenvalue weighted by atomic mass is 19.3. The van der Waals surface area contributed by atoms with Crippen molar-refractivity contribution in [2.45, 2.75) is 62.2 Å². The quantitative estimate of drug-likeness (QED) is 0.872. The van der Waals surface area contributed by atoms with Crippen LogP contribution in [0.3, 0.4) is 0 Å². The predicted molar refractivity (Wildman–Crippen MR) is 81.4 cm³/mol. The maximum atomic E-state index is 14.6. The van der Waals surface area contributed by atoms with Crippen molar-refractivity contribution in [3.05, 3.63) is 18.0 Å². The van der Waals surface area contributed by atoms with Gasteiger partial charge in [-0.1, -0.05) is 19.3 Å². The number of carbonyl (C=O) groups is 1. The fourth-order valence-electron chi connectivity index (χ4n) is 3.61. The van der Waals surface area contributed by atoms with E-state index in [1.807, 2.05) is 0 Å². The first-order valence-corrected chi connectivity index (χ1v) is 8.36. The number of carbonyl (C=O) groups excluding carboxylic acids is 1. The van der Waals surface area contributed by atoms with Crippen molar-refractivity contribution in [1.82, 2.24) is 15.1 Å². The number of aliphatic hydroxyl groups is 1. The Kier molecular flexibility index (Phi) is 4.61. The van der Waals surface area contributed by atoms with E-state index >= 15 is 0 Å². The first-order valence-electron chi connectivity index (χ1n) is 8.36. The van der Waals surface area contributed by atoms with Crippen LogP contribution in [0, 0.1) is 0 Å². The molecule has 6 nitrogen and oxygen atoms in total. The maximum Gasteiger partial charge on any atom is 0.352 e. The molecule has 0 bridgehead atoms. The molecule has 2 heterocycles. The molecule has 2 atom stereocenters. The first kappa shape index (κ1) is 17.3. The standard InChI is InChI=1S/C16H23F2N3O3/c1-21-12(5-9-19-21)13-11(6-10-24-13)20-14(22)16(17,18)15(23)7-3-2-4-8-15/h5,9,11,13,23H,2-4,6-8,10H2,1H3,(H,20,22)/t11-,13-/m0/s1. The molecule has 2 fully saturated rings. The summed E-state index contributed by atoms with van der Waals surface area (Å²) in [4.78, 5) is 12.2. The molecular formula is C16H23F2N3O3. The van der Waals surface area contributed by atoms with E-state index in [0.717, 1.165) is 12.1 Å². The van der Waals surface area contributed by atoms with Gasteiger partial charge < -0.3 is 15.2 Å². The van der Waals surface area contributed by atoms with Gasteiger partial charge in [0.25, 0.3) is 5.91 Å². The molecule has 1 saturated heterocycles. The monoisotopic (exact) mass is 343 g/mol. The van der Waals surface area contributed by atoms with E-state index in [0.29, 0.717) is 25.9 Å². The molecule has 1 amide bonds. The van der Waals surface area contributed by atoms with E-state index in [2.05, 4.69) is 10.4 Å². The Labute approximate surface area is 139 Å². The highest BCUT2D eigenvalue weighted by molar-refractivity contribution is 5.85. The van der Waals surface area contributed by atoms with Crippen molar-refractivity contribution in [3.63, 3.8) is 0 Å². The zero-order valence-electron chi connectivity index (χ0n) is 13.7. The van der Waals surface area contributed by atoms with Gasteiger partial charge in [-0.15, -0.1) is 0 Å². The van der Waals surface area contributed by atoms with E-state index < -0.39 is 29.6 Å². The summed E-state index contributed by atoms with van der Waals surface area (Å²) in [5.41, 5.74) is -1.53. The minimum Gasteiger partial charge on any atom is -0.383 e. The van der Waals surface area contributed by atoms with Crippen molar-refractivity contribution in [1.29, 1.82) is 0 Å². The summed E-state index contributed by atoms with van der Waals surface area (Å²) in [5, 5.41) is 16.7. The molecule has 1 aliphatic carbocycles. The maximum absolute atomic E-state index is 14.6. The number of halogens is 2.